The van der Waals surface area contributed by atoms with Crippen molar-refractivity contribution in [2.45, 2.75) is 22.6 Å². The van der Waals surface area contributed by atoms with Gasteiger partial charge < -0.3 is 15.2 Å². The number of carboxylic acids is 1. The molecule has 23 heteroatoms. The van der Waals surface area contributed by atoms with Crippen molar-refractivity contribution < 1.29 is 64.6 Å². The molecule has 2 amide bonds. The number of allylic oxidation sites excluding steroid dienone is 2. The van der Waals surface area contributed by atoms with Crippen LogP contribution < -0.4 is 10.2 Å². The zero-order chi connectivity index (χ0) is 39.9. The van der Waals surface area contributed by atoms with Gasteiger partial charge in [0.15, 0.2) is 6.61 Å². The summed E-state index contributed by atoms with van der Waals surface area (Å²) in [6.45, 7) is -0.904. The summed E-state index contributed by atoms with van der Waals surface area (Å²) in [4.78, 5) is 75.1. The Morgan fingerprint density at radius 1 is 0.741 bits per heavy atom. The topological polar surface area (TPSA) is 256 Å². The molecular formula is C31H15Cl5N2O14S2. The summed E-state index contributed by atoms with van der Waals surface area (Å²) in [5, 5.41) is 8.08. The summed E-state index contributed by atoms with van der Waals surface area (Å²) in [5.74, 6) is -6.92. The van der Waals surface area contributed by atoms with Gasteiger partial charge in [0.1, 0.15) is 9.79 Å². The van der Waals surface area contributed by atoms with E-state index in [4.69, 9.17) is 63.1 Å². The lowest BCUT2D eigenvalue weighted by atomic mass is 10.0. The number of para-hydroxylation sites is 1. The Bertz CT molecular complexity index is 2600. The third kappa shape index (κ3) is 6.26. The summed E-state index contributed by atoms with van der Waals surface area (Å²) in [7, 11) is -11.2. The van der Waals surface area contributed by atoms with Gasteiger partial charge in [0.25, 0.3) is 32.1 Å². The van der Waals surface area contributed by atoms with Crippen LogP contribution in [0.5, 0.6) is 0 Å². The zero-order valence-electron chi connectivity index (χ0n) is 26.0. The molecule has 6 rings (SSSR count). The van der Waals surface area contributed by atoms with Gasteiger partial charge >= 0.3 is 11.9 Å². The Labute approximate surface area is 327 Å². The Morgan fingerprint density at radius 2 is 1.28 bits per heavy atom. The van der Waals surface area contributed by atoms with Gasteiger partial charge in [0, 0.05) is 12.0 Å². The number of nitrogens with one attached hydrogen (secondary N) is 1. The minimum atomic E-state index is -5.60. The molecule has 0 atom stereocenters. The van der Waals surface area contributed by atoms with Crippen molar-refractivity contribution in [1.82, 2.24) is 0 Å². The molecular weight excluding hydrogens is 866 g/mol. The number of ether oxygens (including phenoxy) is 1. The minimum absolute atomic E-state index is 0.0150. The van der Waals surface area contributed by atoms with E-state index in [9.17, 15) is 54.7 Å². The molecule has 4 N–H and O–H groups in total. The standard InChI is InChI=1S/C31H15Cl5N2O14S2/c32-20-10(5-7-14(41)52-8-13(39)40)21(33)22(34)17-16(20)26(42)15(27(17)43)11-6-4-9-2-1-3-12(25(9)37-11)38-30(44)18-19(31(38)45)24(36)29(54(49,50)51)28(23(18)35)53(46,47)48/h1-4,6,37H,5,7-8H2,(H,39,40)(H,46,47,48)(H,49,50,51)/b15-11-. The van der Waals surface area contributed by atoms with Gasteiger partial charge in [-0.05, 0) is 24.1 Å². The van der Waals surface area contributed by atoms with E-state index in [1.807, 2.05) is 0 Å². The molecule has 0 saturated heterocycles. The second-order valence-electron chi connectivity index (χ2n) is 11.3. The SMILES string of the molecule is O=C(O)COC(=O)CCc1c(Cl)c(Cl)c2c(c1Cl)C(=O)/C(=C1\C=Cc3cccc(N4C(=O)c5c(Cl)c(S(=O)(=O)O)c(S(=O)(=O)O)c(Cl)c5C4=O)c3N1)C2=O. The highest BCUT2D eigenvalue weighted by atomic mass is 35.5. The molecule has 54 heavy (non-hydrogen) atoms. The summed E-state index contributed by atoms with van der Waals surface area (Å²) in [6, 6.07) is 4.07. The molecule has 0 radical (unpaired) electrons. The number of benzene rings is 3. The van der Waals surface area contributed by atoms with Crippen LogP contribution in [0.2, 0.25) is 25.1 Å². The van der Waals surface area contributed by atoms with Gasteiger partial charge in [-0.3, -0.25) is 33.1 Å². The third-order valence-electron chi connectivity index (χ3n) is 8.17. The van der Waals surface area contributed by atoms with Crippen LogP contribution in [0.3, 0.4) is 0 Å². The lowest BCUT2D eigenvalue weighted by Gasteiger charge is -2.24. The minimum Gasteiger partial charge on any atom is -0.479 e. The number of hydrogen-bond donors (Lipinski definition) is 4. The molecule has 0 fully saturated rings. The van der Waals surface area contributed by atoms with E-state index in [1.165, 1.54) is 30.4 Å². The normalized spacial score (nSPS) is 16.4. The predicted molar refractivity (Wildman–Crippen MR) is 190 cm³/mol. The predicted octanol–water partition coefficient (Wildman–Crippen LogP) is 5.58. The summed E-state index contributed by atoms with van der Waals surface area (Å²) < 4.78 is 72.8. The molecule has 0 unspecified atom stereocenters. The van der Waals surface area contributed by atoms with E-state index >= 15 is 0 Å². The van der Waals surface area contributed by atoms with E-state index in [2.05, 4.69) is 10.1 Å². The number of carbonyl (C=O) groups is 6. The van der Waals surface area contributed by atoms with E-state index in [0.29, 0.717) is 4.90 Å². The zero-order valence-corrected chi connectivity index (χ0v) is 31.4. The van der Waals surface area contributed by atoms with Crippen molar-refractivity contribution in [3.63, 3.8) is 0 Å². The van der Waals surface area contributed by atoms with Crippen molar-refractivity contribution in [3.05, 3.63) is 94.0 Å². The fourth-order valence-electron chi connectivity index (χ4n) is 5.95. The van der Waals surface area contributed by atoms with Crippen LogP contribution in [0.1, 0.15) is 59.0 Å². The summed E-state index contributed by atoms with van der Waals surface area (Å²) >= 11 is 31.6. The first-order chi connectivity index (χ1) is 25.1. The van der Waals surface area contributed by atoms with Gasteiger partial charge in [-0.2, -0.15) is 16.8 Å². The van der Waals surface area contributed by atoms with E-state index < -0.39 is 105 Å². The van der Waals surface area contributed by atoms with Crippen LogP contribution in [0.25, 0.3) is 6.08 Å². The summed E-state index contributed by atoms with van der Waals surface area (Å²) in [6.07, 6.45) is 2.00. The number of Topliss-reactive ketones (excluding diaryl/α,β-unsaturated/α-hetero) is 2. The number of aliphatic carboxylic acids is 1. The van der Waals surface area contributed by atoms with Crippen LogP contribution in [-0.4, -0.2) is 73.0 Å². The number of fused-ring (bicyclic) bond motifs is 3. The van der Waals surface area contributed by atoms with E-state index in [0.717, 1.165) is 0 Å². The number of ketones is 2. The van der Waals surface area contributed by atoms with E-state index in [1.54, 1.807) is 0 Å². The smallest absolute Gasteiger partial charge is 0.341 e. The number of carbonyl (C=O) groups excluding carboxylic acids is 5. The van der Waals surface area contributed by atoms with Crippen molar-refractivity contribution in [3.8, 4) is 0 Å². The first kappa shape index (κ1) is 39.3. The van der Waals surface area contributed by atoms with Crippen LogP contribution in [-0.2, 0) is 41.0 Å². The Kier molecular flexibility index (Phi) is 10.0. The number of carboxylic acid groups (broad SMARTS) is 1. The number of amides is 2. The van der Waals surface area contributed by atoms with Crippen molar-refractivity contribution in [1.29, 1.82) is 0 Å². The van der Waals surface area contributed by atoms with Crippen LogP contribution in [0.15, 0.2) is 45.3 Å². The monoisotopic (exact) mass is 878 g/mol. The second kappa shape index (κ2) is 13.7. The van der Waals surface area contributed by atoms with Crippen LogP contribution in [0, 0.1) is 0 Å². The Balaban J connectivity index is 1.43. The Morgan fingerprint density at radius 3 is 1.80 bits per heavy atom. The molecule has 3 aromatic rings. The number of rotatable bonds is 8. The number of halogens is 5. The highest BCUT2D eigenvalue weighted by Crippen LogP contribution is 2.49. The maximum Gasteiger partial charge on any atom is 0.341 e. The molecule has 0 aromatic heterocycles. The fraction of sp³-hybridized carbons (Fsp3) is 0.0968. The molecule has 0 saturated carbocycles. The second-order valence-corrected chi connectivity index (χ2v) is 15.9. The van der Waals surface area contributed by atoms with Crippen molar-refractivity contribution >= 4 is 131 Å². The van der Waals surface area contributed by atoms with E-state index in [-0.39, 0.29) is 60.8 Å². The molecule has 3 aliphatic rings. The average Bonchev–Trinajstić information content (AvgIpc) is 3.50. The maximum absolute atomic E-state index is 13.9. The molecule has 16 nitrogen and oxygen atoms in total. The van der Waals surface area contributed by atoms with Crippen molar-refractivity contribution in [2.24, 2.45) is 0 Å². The first-order valence-electron chi connectivity index (χ1n) is 14.5. The summed E-state index contributed by atoms with van der Waals surface area (Å²) in [5.41, 5.74) is -3.48. The van der Waals surface area contributed by atoms with Gasteiger partial charge in [-0.15, -0.1) is 0 Å². The average molecular weight is 881 g/mol. The highest BCUT2D eigenvalue weighted by molar-refractivity contribution is 7.89. The number of esters is 1. The third-order valence-corrected chi connectivity index (χ3v) is 12.4. The van der Waals surface area contributed by atoms with Gasteiger partial charge in [-0.1, -0.05) is 76.2 Å². The molecule has 2 aliphatic heterocycles. The van der Waals surface area contributed by atoms with Crippen molar-refractivity contribution in [2.75, 3.05) is 16.8 Å². The first-order valence-corrected chi connectivity index (χ1v) is 19.2. The molecule has 0 bridgehead atoms. The van der Waals surface area contributed by atoms with Crippen LogP contribution in [0.4, 0.5) is 11.4 Å². The molecule has 2 heterocycles. The number of imide groups is 1. The Hall–Kier alpha value is -4.37. The lowest BCUT2D eigenvalue weighted by Crippen LogP contribution is -2.30. The fourth-order valence-corrected chi connectivity index (χ4v) is 10.1. The number of nitrogens with zero attached hydrogens (tertiary/aromatic N) is 1. The highest BCUT2D eigenvalue weighted by Gasteiger charge is 2.48. The molecule has 0 spiro atoms. The molecule has 280 valence electrons. The van der Waals surface area contributed by atoms with Gasteiger partial charge in [0.2, 0.25) is 11.6 Å². The largest absolute Gasteiger partial charge is 0.479 e. The number of hydrogen-bond acceptors (Lipinski definition) is 12. The lowest BCUT2D eigenvalue weighted by molar-refractivity contribution is -0.155. The maximum atomic E-state index is 13.9. The van der Waals surface area contributed by atoms with Crippen LogP contribution >= 0.6 is 58.0 Å². The molecule has 1 aliphatic carbocycles. The molecule has 3 aromatic carbocycles. The number of anilines is 2. The van der Waals surface area contributed by atoms with Gasteiger partial charge in [0.05, 0.1) is 70.0 Å². The van der Waals surface area contributed by atoms with Gasteiger partial charge in [-0.25, -0.2) is 9.69 Å². The quantitative estimate of drug-likeness (QED) is 0.0538.